The van der Waals surface area contributed by atoms with E-state index >= 15 is 0 Å². The van der Waals surface area contributed by atoms with Crippen LogP contribution in [0.25, 0.3) is 0 Å². The molecule has 2 saturated heterocycles. The second-order valence-electron chi connectivity index (χ2n) is 10.4. The molecule has 3 aromatic rings. The highest BCUT2D eigenvalue weighted by molar-refractivity contribution is 6.37. The number of nitrogens with zero attached hydrogens (tertiary/aromatic N) is 1. The molecule has 0 saturated carbocycles. The number of anilines is 2. The van der Waals surface area contributed by atoms with Gasteiger partial charge in [-0.1, -0.05) is 59.6 Å². The maximum absolute atomic E-state index is 14.8. The summed E-state index contributed by atoms with van der Waals surface area (Å²) < 4.78 is 0. The monoisotopic (exact) mass is 531 g/mol. The number of halogens is 2. The summed E-state index contributed by atoms with van der Waals surface area (Å²) in [5, 5.41) is 6.76. The molecule has 186 valence electrons. The number of carbonyl (C=O) groups excluding carboxylic acids is 3. The second kappa shape index (κ2) is 7.67. The van der Waals surface area contributed by atoms with Crippen LogP contribution in [0.2, 0.25) is 10.0 Å². The summed E-state index contributed by atoms with van der Waals surface area (Å²) in [5.41, 5.74) is 1.41. The molecule has 2 amide bonds. The topological polar surface area (TPSA) is 78.5 Å². The molecule has 8 heteroatoms. The highest BCUT2D eigenvalue weighted by Gasteiger charge is 2.78. The minimum absolute atomic E-state index is 0.199. The first kappa shape index (κ1) is 23.0. The van der Waals surface area contributed by atoms with Gasteiger partial charge in [0, 0.05) is 33.6 Å². The summed E-state index contributed by atoms with van der Waals surface area (Å²) in [6.45, 7) is 2.54. The quantitative estimate of drug-likeness (QED) is 0.439. The normalized spacial score (nSPS) is 29.4. The Morgan fingerprint density at radius 3 is 2.57 bits per heavy atom. The number of rotatable bonds is 2. The number of aryl methyl sites for hydroxylation is 1. The number of fused-ring (bicyclic) bond motifs is 7. The molecule has 37 heavy (non-hydrogen) atoms. The van der Waals surface area contributed by atoms with Crippen LogP contribution in [0.3, 0.4) is 0 Å². The molecule has 0 aliphatic carbocycles. The predicted molar refractivity (Wildman–Crippen MR) is 142 cm³/mol. The molecule has 4 atom stereocenters. The number of ketones is 1. The van der Waals surface area contributed by atoms with E-state index in [-0.39, 0.29) is 34.2 Å². The van der Waals surface area contributed by atoms with E-state index in [1.807, 2.05) is 49.4 Å². The Morgan fingerprint density at radius 1 is 0.973 bits per heavy atom. The van der Waals surface area contributed by atoms with Crippen LogP contribution in [0, 0.1) is 12.8 Å². The standard InChI is InChI=1S/C29H23Cl2N3O3/c1-15-6-4-8-19-23(15)33-27(37)29(19)25(24(35)17-12-11-16(30)14-20(17)31)28(22-10-5-13-34(22)29)18-7-2-3-9-21(18)32-26(28)36/h2-4,6-9,11-12,14,22,25H,5,10,13H2,1H3,(H,32,36)(H,33,37)/t22-,25+,28+,29-/m0/s1. The van der Waals surface area contributed by atoms with Gasteiger partial charge in [0.05, 0.1) is 10.9 Å². The van der Waals surface area contributed by atoms with Gasteiger partial charge in [-0.15, -0.1) is 0 Å². The maximum Gasteiger partial charge on any atom is 0.250 e. The average Bonchev–Trinajstić information content (AvgIpc) is 3.59. The van der Waals surface area contributed by atoms with Crippen LogP contribution in [-0.2, 0) is 20.5 Å². The molecule has 0 bridgehead atoms. The fourth-order valence-corrected chi connectivity index (χ4v) is 8.07. The first-order chi connectivity index (χ1) is 17.8. The van der Waals surface area contributed by atoms with E-state index in [1.54, 1.807) is 12.1 Å². The number of amides is 2. The van der Waals surface area contributed by atoms with E-state index < -0.39 is 16.9 Å². The van der Waals surface area contributed by atoms with Crippen molar-refractivity contribution < 1.29 is 14.4 Å². The molecule has 4 heterocycles. The van der Waals surface area contributed by atoms with E-state index in [0.717, 1.165) is 23.1 Å². The number of hydrogen-bond donors (Lipinski definition) is 2. The summed E-state index contributed by atoms with van der Waals surface area (Å²) >= 11 is 12.8. The molecular weight excluding hydrogens is 509 g/mol. The van der Waals surface area contributed by atoms with Gasteiger partial charge in [-0.25, -0.2) is 0 Å². The summed E-state index contributed by atoms with van der Waals surface area (Å²) in [6, 6.07) is 17.7. The highest BCUT2D eigenvalue weighted by atomic mass is 35.5. The molecule has 0 aromatic heterocycles. The maximum atomic E-state index is 14.8. The van der Waals surface area contributed by atoms with Gasteiger partial charge in [0.25, 0.3) is 0 Å². The van der Waals surface area contributed by atoms with Crippen LogP contribution in [0.15, 0.2) is 60.7 Å². The van der Waals surface area contributed by atoms with Crippen LogP contribution in [0.4, 0.5) is 11.4 Å². The Bertz CT molecular complexity index is 1560. The number of carbonyl (C=O) groups is 3. The Labute approximate surface area is 223 Å². The second-order valence-corrected chi connectivity index (χ2v) is 11.2. The summed E-state index contributed by atoms with van der Waals surface area (Å²) in [4.78, 5) is 45.5. The van der Waals surface area contributed by atoms with Crippen molar-refractivity contribution in [2.24, 2.45) is 5.92 Å². The summed E-state index contributed by atoms with van der Waals surface area (Å²) in [5.74, 6) is -1.91. The van der Waals surface area contributed by atoms with Crippen LogP contribution in [0.5, 0.6) is 0 Å². The van der Waals surface area contributed by atoms with Crippen molar-refractivity contribution in [2.75, 3.05) is 17.2 Å². The SMILES string of the molecule is Cc1cccc2c1NC(=O)[C@@]21[C@H](C(=O)c2ccc(Cl)cc2Cl)[C@]2(C(=O)Nc3ccccc32)[C@@H]2CCCN21. The summed E-state index contributed by atoms with van der Waals surface area (Å²) in [6.07, 6.45) is 1.51. The third-order valence-corrected chi connectivity index (χ3v) is 9.38. The Kier molecular flexibility index (Phi) is 4.76. The zero-order valence-corrected chi connectivity index (χ0v) is 21.5. The first-order valence-electron chi connectivity index (χ1n) is 12.4. The molecule has 7 rings (SSSR count). The number of benzene rings is 3. The fraction of sp³-hybridized carbons (Fsp3) is 0.276. The average molecular weight is 532 g/mol. The number of nitrogens with one attached hydrogen (secondary N) is 2. The van der Waals surface area contributed by atoms with E-state index in [4.69, 9.17) is 23.2 Å². The van der Waals surface area contributed by atoms with Gasteiger partial charge < -0.3 is 10.6 Å². The molecular formula is C29H23Cl2N3O3. The van der Waals surface area contributed by atoms with Crippen molar-refractivity contribution in [3.05, 3.63) is 93.0 Å². The summed E-state index contributed by atoms with van der Waals surface area (Å²) in [7, 11) is 0. The third-order valence-electron chi connectivity index (χ3n) is 8.83. The van der Waals surface area contributed by atoms with E-state index in [9.17, 15) is 14.4 Å². The Hall–Kier alpha value is -3.19. The van der Waals surface area contributed by atoms with Crippen molar-refractivity contribution in [2.45, 2.75) is 36.8 Å². The van der Waals surface area contributed by atoms with Crippen molar-refractivity contribution in [3.8, 4) is 0 Å². The van der Waals surface area contributed by atoms with Crippen LogP contribution >= 0.6 is 23.2 Å². The zero-order valence-electron chi connectivity index (χ0n) is 20.0. The number of hydrogen-bond acceptors (Lipinski definition) is 4. The van der Waals surface area contributed by atoms with E-state index in [1.165, 1.54) is 6.07 Å². The third kappa shape index (κ3) is 2.63. The molecule has 6 nitrogen and oxygen atoms in total. The van der Waals surface area contributed by atoms with Gasteiger partial charge in [0.1, 0.15) is 11.0 Å². The molecule has 2 N–H and O–H groups in total. The van der Waals surface area contributed by atoms with Crippen LogP contribution < -0.4 is 10.6 Å². The molecule has 4 aliphatic rings. The molecule has 4 aliphatic heterocycles. The van der Waals surface area contributed by atoms with Gasteiger partial charge in [-0.3, -0.25) is 19.3 Å². The fourth-order valence-electron chi connectivity index (χ4n) is 7.56. The van der Waals surface area contributed by atoms with Gasteiger partial charge in [0.2, 0.25) is 11.8 Å². The molecule has 3 aromatic carbocycles. The molecule has 2 fully saturated rings. The van der Waals surface area contributed by atoms with Crippen molar-refractivity contribution in [3.63, 3.8) is 0 Å². The lowest BCUT2D eigenvalue weighted by atomic mass is 9.60. The zero-order chi connectivity index (χ0) is 25.7. The highest BCUT2D eigenvalue weighted by Crippen LogP contribution is 2.66. The molecule has 2 spiro atoms. The Morgan fingerprint density at radius 2 is 1.76 bits per heavy atom. The van der Waals surface area contributed by atoms with Gasteiger partial charge in [-0.05, 0) is 61.7 Å². The van der Waals surface area contributed by atoms with E-state index in [0.29, 0.717) is 29.4 Å². The smallest absolute Gasteiger partial charge is 0.250 e. The van der Waals surface area contributed by atoms with Crippen molar-refractivity contribution in [1.82, 2.24) is 4.90 Å². The van der Waals surface area contributed by atoms with Crippen LogP contribution in [0.1, 0.15) is 39.9 Å². The minimum Gasteiger partial charge on any atom is -0.325 e. The lowest BCUT2D eigenvalue weighted by molar-refractivity contribution is -0.128. The first-order valence-corrected chi connectivity index (χ1v) is 13.2. The molecule has 0 unspecified atom stereocenters. The van der Waals surface area contributed by atoms with Gasteiger partial charge in [0.15, 0.2) is 5.78 Å². The van der Waals surface area contributed by atoms with Gasteiger partial charge in [-0.2, -0.15) is 0 Å². The Balaban J connectivity index is 1.60. The molecule has 0 radical (unpaired) electrons. The van der Waals surface area contributed by atoms with Crippen molar-refractivity contribution >= 4 is 52.2 Å². The predicted octanol–water partition coefficient (Wildman–Crippen LogP) is 5.32. The lowest BCUT2D eigenvalue weighted by Gasteiger charge is -2.38. The van der Waals surface area contributed by atoms with Crippen molar-refractivity contribution in [1.29, 1.82) is 0 Å². The van der Waals surface area contributed by atoms with Crippen LogP contribution in [-0.4, -0.2) is 35.1 Å². The minimum atomic E-state index is -1.36. The largest absolute Gasteiger partial charge is 0.325 e. The lowest BCUT2D eigenvalue weighted by Crippen LogP contribution is -2.55. The number of Topliss-reactive ketones (excluding diaryl/α,β-unsaturated/α-hetero) is 1. The van der Waals surface area contributed by atoms with Gasteiger partial charge >= 0.3 is 0 Å². The van der Waals surface area contributed by atoms with E-state index in [2.05, 4.69) is 15.5 Å². The number of para-hydroxylation sites is 2.